The van der Waals surface area contributed by atoms with Crippen LogP contribution in [0.3, 0.4) is 0 Å². The fraction of sp³-hybridized carbons (Fsp3) is 0.671. The van der Waals surface area contributed by atoms with Gasteiger partial charge in [-0.15, -0.1) is 0 Å². The molecule has 0 aliphatic rings. The number of rotatable bonds is 56. The van der Waals surface area contributed by atoms with Gasteiger partial charge in [0, 0.05) is 19.3 Å². The van der Waals surface area contributed by atoms with E-state index in [0.29, 0.717) is 19.3 Å². The van der Waals surface area contributed by atoms with Gasteiger partial charge in [0.1, 0.15) is 13.2 Å². The quantitative estimate of drug-likeness (QED) is 0.0261. The lowest BCUT2D eigenvalue weighted by atomic mass is 10.0. The highest BCUT2D eigenvalue weighted by Gasteiger charge is 2.19. The van der Waals surface area contributed by atoms with Gasteiger partial charge in [-0.2, -0.15) is 0 Å². The highest BCUT2D eigenvalue weighted by molar-refractivity contribution is 5.71. The van der Waals surface area contributed by atoms with Crippen LogP contribution in [0, 0.1) is 0 Å². The van der Waals surface area contributed by atoms with Gasteiger partial charge in [0.2, 0.25) is 0 Å². The highest BCUT2D eigenvalue weighted by atomic mass is 16.6. The van der Waals surface area contributed by atoms with E-state index in [9.17, 15) is 14.4 Å². The zero-order valence-corrected chi connectivity index (χ0v) is 49.5. The molecule has 6 nitrogen and oxygen atoms in total. The summed E-state index contributed by atoms with van der Waals surface area (Å²) in [7, 11) is 0. The van der Waals surface area contributed by atoms with Crippen molar-refractivity contribution in [1.29, 1.82) is 0 Å². The molecule has 0 aromatic heterocycles. The molecule has 0 rings (SSSR count). The smallest absolute Gasteiger partial charge is 0.306 e. The molecule has 0 aromatic carbocycles. The number of hydrogen-bond donors (Lipinski definition) is 0. The number of ether oxygens (including phenoxy) is 3. The van der Waals surface area contributed by atoms with Crippen molar-refractivity contribution in [1.82, 2.24) is 0 Å². The molecule has 0 aliphatic carbocycles. The summed E-state index contributed by atoms with van der Waals surface area (Å²) in [6, 6.07) is 0. The molecule has 76 heavy (non-hydrogen) atoms. The number of carbonyl (C=O) groups excluding carboxylic acids is 3. The molecule has 0 aromatic rings. The first kappa shape index (κ1) is 71.8. The Morgan fingerprint density at radius 3 is 0.829 bits per heavy atom. The summed E-state index contributed by atoms with van der Waals surface area (Å²) in [6.07, 6.45) is 87.7. The Morgan fingerprint density at radius 2 is 0.513 bits per heavy atom. The summed E-state index contributed by atoms with van der Waals surface area (Å²) in [6.45, 7) is 6.39. The Labute approximate surface area is 469 Å². The molecule has 0 saturated carbocycles. The van der Waals surface area contributed by atoms with E-state index in [0.717, 1.165) is 116 Å². The van der Waals surface area contributed by atoms with E-state index in [2.05, 4.69) is 142 Å². The maximum atomic E-state index is 12.9. The minimum Gasteiger partial charge on any atom is -0.462 e. The van der Waals surface area contributed by atoms with Crippen molar-refractivity contribution in [3.05, 3.63) is 122 Å². The summed E-state index contributed by atoms with van der Waals surface area (Å²) in [5.41, 5.74) is 0. The normalized spacial score (nSPS) is 12.9. The summed E-state index contributed by atoms with van der Waals surface area (Å²) >= 11 is 0. The number of unbranched alkanes of at least 4 members (excludes halogenated alkanes) is 25. The van der Waals surface area contributed by atoms with Gasteiger partial charge in [-0.3, -0.25) is 14.4 Å². The third kappa shape index (κ3) is 60.7. The number of esters is 3. The lowest BCUT2D eigenvalue weighted by molar-refractivity contribution is -0.167. The van der Waals surface area contributed by atoms with Crippen molar-refractivity contribution in [2.45, 2.75) is 290 Å². The van der Waals surface area contributed by atoms with Crippen LogP contribution in [-0.2, 0) is 28.6 Å². The van der Waals surface area contributed by atoms with Gasteiger partial charge in [0.25, 0.3) is 0 Å². The fourth-order valence-corrected chi connectivity index (χ4v) is 8.56. The van der Waals surface area contributed by atoms with E-state index in [1.165, 1.54) is 122 Å². The monoisotopic (exact) mass is 1050 g/mol. The molecule has 0 N–H and O–H groups in total. The van der Waals surface area contributed by atoms with Crippen LogP contribution in [0.1, 0.15) is 284 Å². The van der Waals surface area contributed by atoms with Crippen LogP contribution in [0.2, 0.25) is 0 Å². The summed E-state index contributed by atoms with van der Waals surface area (Å²) < 4.78 is 16.9. The SMILES string of the molecule is CC/C=C\C/C=C\C/C=C\C/C=C\C/C=C\C/C=C\CCCCC(=O)OC(COC(=O)CCCCCCCCCCCC/C=C\C/C=C\C/C=C\C/C=C\CC)COC(=O)CCCCCCCCCCCCCCCC. The van der Waals surface area contributed by atoms with E-state index in [4.69, 9.17) is 14.2 Å². The Kier molecular flexibility index (Phi) is 59.9. The molecule has 0 aliphatic heterocycles. The lowest BCUT2D eigenvalue weighted by Gasteiger charge is -2.18. The topological polar surface area (TPSA) is 78.9 Å². The average molecular weight is 1050 g/mol. The van der Waals surface area contributed by atoms with Gasteiger partial charge in [0.15, 0.2) is 6.10 Å². The summed E-state index contributed by atoms with van der Waals surface area (Å²) in [5.74, 6) is -0.939. The average Bonchev–Trinajstić information content (AvgIpc) is 3.42. The molecular weight excluding hydrogens is 937 g/mol. The van der Waals surface area contributed by atoms with Crippen LogP contribution in [0.5, 0.6) is 0 Å². The van der Waals surface area contributed by atoms with Crippen LogP contribution < -0.4 is 0 Å². The van der Waals surface area contributed by atoms with Crippen LogP contribution in [0.4, 0.5) is 0 Å². The Hall–Kier alpha value is -4.19. The zero-order chi connectivity index (χ0) is 55.0. The predicted octanol–water partition coefficient (Wildman–Crippen LogP) is 21.6. The molecule has 1 atom stereocenters. The molecular formula is C70H116O6. The minimum absolute atomic E-state index is 0.0969. The number of carbonyl (C=O) groups is 3. The number of allylic oxidation sites excluding steroid dienone is 20. The van der Waals surface area contributed by atoms with Crippen molar-refractivity contribution < 1.29 is 28.6 Å². The minimum atomic E-state index is -0.806. The molecule has 0 fully saturated rings. The van der Waals surface area contributed by atoms with Gasteiger partial charge in [-0.1, -0.05) is 277 Å². The lowest BCUT2D eigenvalue weighted by Crippen LogP contribution is -2.30. The van der Waals surface area contributed by atoms with Gasteiger partial charge in [-0.25, -0.2) is 0 Å². The maximum Gasteiger partial charge on any atom is 0.306 e. The summed E-state index contributed by atoms with van der Waals surface area (Å²) in [5, 5.41) is 0. The van der Waals surface area contributed by atoms with Crippen molar-refractivity contribution in [3.8, 4) is 0 Å². The van der Waals surface area contributed by atoms with Crippen LogP contribution in [0.15, 0.2) is 122 Å². The second-order valence-electron chi connectivity index (χ2n) is 20.6. The Balaban J connectivity index is 4.44. The molecule has 6 heteroatoms. The fourth-order valence-electron chi connectivity index (χ4n) is 8.56. The van der Waals surface area contributed by atoms with Crippen molar-refractivity contribution in [2.75, 3.05) is 13.2 Å². The molecule has 432 valence electrons. The molecule has 0 bridgehead atoms. The van der Waals surface area contributed by atoms with E-state index in [1.807, 2.05) is 0 Å². The van der Waals surface area contributed by atoms with Crippen molar-refractivity contribution >= 4 is 17.9 Å². The van der Waals surface area contributed by atoms with Crippen LogP contribution >= 0.6 is 0 Å². The van der Waals surface area contributed by atoms with E-state index >= 15 is 0 Å². The Bertz CT molecular complexity index is 1590. The van der Waals surface area contributed by atoms with Crippen LogP contribution in [-0.4, -0.2) is 37.2 Å². The highest BCUT2D eigenvalue weighted by Crippen LogP contribution is 2.16. The van der Waals surface area contributed by atoms with Gasteiger partial charge < -0.3 is 14.2 Å². The van der Waals surface area contributed by atoms with Gasteiger partial charge >= 0.3 is 17.9 Å². The van der Waals surface area contributed by atoms with E-state index in [1.54, 1.807) is 0 Å². The third-order valence-electron chi connectivity index (χ3n) is 13.2. The summed E-state index contributed by atoms with van der Waals surface area (Å²) in [4.78, 5) is 38.3. The van der Waals surface area contributed by atoms with Gasteiger partial charge in [0.05, 0.1) is 0 Å². The standard InChI is InChI=1S/C70H116O6/c1-4-7-10-13-16-19-22-25-28-30-32-34-35-37-38-40-42-45-48-51-54-57-60-63-69(72)75-66-67(65-74-68(71)62-59-56-53-50-47-44-27-24-21-18-15-12-9-6-3)76-70(73)64-61-58-55-52-49-46-43-41-39-36-33-31-29-26-23-20-17-14-11-8-5-2/h7-8,10-11,16-17,19-20,25-26,28-29,32-34,36,41,43,49,52,67H,4-6,9,12-15,18,21-24,27,30-31,35,37-40,42,44-48,50-51,53-66H2,1-3H3/b10-7-,11-8-,19-16-,20-17-,28-25-,29-26-,34-32-,36-33-,43-41-,52-49-. The Morgan fingerprint density at radius 1 is 0.276 bits per heavy atom. The third-order valence-corrected chi connectivity index (χ3v) is 13.2. The van der Waals surface area contributed by atoms with E-state index < -0.39 is 6.10 Å². The second-order valence-corrected chi connectivity index (χ2v) is 20.6. The van der Waals surface area contributed by atoms with Crippen molar-refractivity contribution in [3.63, 3.8) is 0 Å². The van der Waals surface area contributed by atoms with Gasteiger partial charge in [-0.05, 0) is 109 Å². The molecule has 1 unspecified atom stereocenters. The van der Waals surface area contributed by atoms with Crippen molar-refractivity contribution in [2.24, 2.45) is 0 Å². The first-order chi connectivity index (χ1) is 37.5. The molecule has 0 amide bonds. The zero-order valence-electron chi connectivity index (χ0n) is 49.5. The molecule has 0 spiro atoms. The maximum absolute atomic E-state index is 12.9. The van der Waals surface area contributed by atoms with E-state index in [-0.39, 0.29) is 37.5 Å². The number of hydrogen-bond acceptors (Lipinski definition) is 6. The molecule has 0 saturated heterocycles. The largest absolute Gasteiger partial charge is 0.462 e. The first-order valence-electron chi connectivity index (χ1n) is 31.5. The predicted molar refractivity (Wildman–Crippen MR) is 330 cm³/mol. The van der Waals surface area contributed by atoms with Crippen LogP contribution in [0.25, 0.3) is 0 Å². The molecule has 0 heterocycles. The second kappa shape index (κ2) is 63.3. The molecule has 0 radical (unpaired) electrons. The first-order valence-corrected chi connectivity index (χ1v) is 31.5.